The largest absolute Gasteiger partial charge is 0.395 e. The van der Waals surface area contributed by atoms with E-state index in [-0.39, 0.29) is 18.6 Å². The van der Waals surface area contributed by atoms with Crippen molar-refractivity contribution in [1.29, 1.82) is 5.26 Å². The van der Waals surface area contributed by atoms with Crippen molar-refractivity contribution in [2.24, 2.45) is 0 Å². The van der Waals surface area contributed by atoms with Gasteiger partial charge in [0.15, 0.2) is 0 Å². The highest BCUT2D eigenvalue weighted by Gasteiger charge is 2.23. The Morgan fingerprint density at radius 1 is 1.41 bits per heavy atom. The van der Waals surface area contributed by atoms with Crippen molar-refractivity contribution < 1.29 is 9.90 Å². The lowest BCUT2D eigenvalue weighted by Crippen LogP contribution is -2.39. The quantitative estimate of drug-likeness (QED) is 0.921. The number of rotatable bonds is 3. The van der Waals surface area contributed by atoms with Crippen molar-refractivity contribution in [3.63, 3.8) is 0 Å². The van der Waals surface area contributed by atoms with E-state index in [2.05, 4.69) is 4.90 Å². The highest BCUT2D eigenvalue weighted by atomic mass is 35.5. The molecule has 0 radical (unpaired) electrons. The summed E-state index contributed by atoms with van der Waals surface area (Å²) in [6.45, 7) is 4.92. The maximum Gasteiger partial charge on any atom is 0.255 e. The normalized spacial score (nSPS) is 17.6. The van der Waals surface area contributed by atoms with Crippen LogP contribution in [0.15, 0.2) is 18.2 Å². The number of carbonyl (C=O) groups is 1. The summed E-state index contributed by atoms with van der Waals surface area (Å²) in [5.74, 6) is -0.138. The lowest BCUT2D eigenvalue weighted by molar-refractivity contribution is 0.0754. The van der Waals surface area contributed by atoms with Crippen molar-refractivity contribution in [1.82, 2.24) is 9.80 Å². The number of hydrogen-bond donors (Lipinski definition) is 1. The van der Waals surface area contributed by atoms with Crippen molar-refractivity contribution in [3.05, 3.63) is 34.3 Å². The smallest absolute Gasteiger partial charge is 0.255 e. The summed E-state index contributed by atoms with van der Waals surface area (Å²) < 4.78 is 0. The molecule has 1 saturated heterocycles. The van der Waals surface area contributed by atoms with Gasteiger partial charge in [0, 0.05) is 32.2 Å². The summed E-state index contributed by atoms with van der Waals surface area (Å²) in [5, 5.41) is 18.6. The van der Waals surface area contributed by atoms with Crippen LogP contribution in [0.1, 0.15) is 29.3 Å². The summed E-state index contributed by atoms with van der Waals surface area (Å²) in [7, 11) is 0. The third-order valence-corrected chi connectivity index (χ3v) is 4.36. The van der Waals surface area contributed by atoms with E-state index in [1.165, 1.54) is 0 Å². The van der Waals surface area contributed by atoms with Crippen LogP contribution in [0.25, 0.3) is 0 Å². The molecule has 1 amide bonds. The average molecular weight is 322 g/mol. The first-order valence-corrected chi connectivity index (χ1v) is 7.78. The Hall–Kier alpha value is -1.61. The Labute approximate surface area is 135 Å². The Morgan fingerprint density at radius 2 is 2.18 bits per heavy atom. The van der Waals surface area contributed by atoms with Crippen LogP contribution in [-0.2, 0) is 0 Å². The van der Waals surface area contributed by atoms with Gasteiger partial charge in [-0.25, -0.2) is 0 Å². The van der Waals surface area contributed by atoms with Gasteiger partial charge >= 0.3 is 0 Å². The molecule has 1 aromatic carbocycles. The average Bonchev–Trinajstić information content (AvgIpc) is 2.80. The first-order chi connectivity index (χ1) is 10.6. The van der Waals surface area contributed by atoms with Crippen LogP contribution < -0.4 is 0 Å². The zero-order valence-corrected chi connectivity index (χ0v) is 13.4. The fraction of sp³-hybridized carbons (Fsp3) is 0.500. The predicted octanol–water partition coefficient (Wildman–Crippen LogP) is 1.74. The molecule has 22 heavy (non-hydrogen) atoms. The second-order valence-electron chi connectivity index (χ2n) is 5.52. The van der Waals surface area contributed by atoms with E-state index in [4.69, 9.17) is 16.9 Å². The number of nitriles is 1. The fourth-order valence-electron chi connectivity index (χ4n) is 2.63. The molecule has 1 unspecified atom stereocenters. The standard InChI is InChI=1S/C16H20ClN3O2/c1-12(11-21)19-5-2-6-20(8-7-19)16(22)14-9-13(10-18)3-4-15(14)17/h3-4,9,12,21H,2,5-8,11H2,1H3. The highest BCUT2D eigenvalue weighted by Crippen LogP contribution is 2.20. The molecule has 1 aliphatic rings. The van der Waals surface area contributed by atoms with E-state index in [9.17, 15) is 9.90 Å². The molecule has 0 saturated carbocycles. The van der Waals surface area contributed by atoms with Gasteiger partial charge in [-0.15, -0.1) is 0 Å². The first kappa shape index (κ1) is 16.8. The van der Waals surface area contributed by atoms with Crippen molar-refractivity contribution in [2.75, 3.05) is 32.8 Å². The minimum Gasteiger partial charge on any atom is -0.395 e. The molecule has 1 aliphatic heterocycles. The summed E-state index contributed by atoms with van der Waals surface area (Å²) >= 11 is 6.11. The Balaban J connectivity index is 2.12. The van der Waals surface area contributed by atoms with Gasteiger partial charge in [0.25, 0.3) is 5.91 Å². The zero-order chi connectivity index (χ0) is 16.1. The summed E-state index contributed by atoms with van der Waals surface area (Å²) in [4.78, 5) is 16.6. The number of amides is 1. The number of halogens is 1. The number of benzene rings is 1. The van der Waals surface area contributed by atoms with Crippen LogP contribution in [0.2, 0.25) is 5.02 Å². The Kier molecular flexibility index (Phi) is 5.78. The molecule has 0 aromatic heterocycles. The number of aliphatic hydroxyl groups is 1. The molecule has 2 rings (SSSR count). The third-order valence-electron chi connectivity index (χ3n) is 4.03. The minimum atomic E-state index is -0.138. The third kappa shape index (κ3) is 3.77. The van der Waals surface area contributed by atoms with E-state index in [0.29, 0.717) is 29.2 Å². The second kappa shape index (κ2) is 7.59. The number of carbonyl (C=O) groups excluding carboxylic acids is 1. The molecule has 6 heteroatoms. The van der Waals surface area contributed by atoms with E-state index < -0.39 is 0 Å². The van der Waals surface area contributed by atoms with E-state index in [0.717, 1.165) is 19.5 Å². The lowest BCUT2D eigenvalue weighted by atomic mass is 10.1. The van der Waals surface area contributed by atoms with Gasteiger partial charge in [-0.05, 0) is 31.5 Å². The van der Waals surface area contributed by atoms with Gasteiger partial charge in [-0.2, -0.15) is 5.26 Å². The van der Waals surface area contributed by atoms with Gasteiger partial charge < -0.3 is 10.0 Å². The molecule has 0 spiro atoms. The van der Waals surface area contributed by atoms with Crippen LogP contribution in [0.3, 0.4) is 0 Å². The van der Waals surface area contributed by atoms with Crippen molar-refractivity contribution in [3.8, 4) is 6.07 Å². The van der Waals surface area contributed by atoms with E-state index in [1.54, 1.807) is 23.1 Å². The number of aliphatic hydroxyl groups excluding tert-OH is 1. The molecule has 0 bridgehead atoms. The van der Waals surface area contributed by atoms with Crippen LogP contribution in [0.5, 0.6) is 0 Å². The molecule has 0 aliphatic carbocycles. The minimum absolute atomic E-state index is 0.0977. The summed E-state index contributed by atoms with van der Waals surface area (Å²) in [5.41, 5.74) is 0.808. The molecule has 1 N–H and O–H groups in total. The van der Waals surface area contributed by atoms with E-state index in [1.807, 2.05) is 13.0 Å². The molecular formula is C16H20ClN3O2. The van der Waals surface area contributed by atoms with Crippen LogP contribution in [0.4, 0.5) is 0 Å². The fourth-order valence-corrected chi connectivity index (χ4v) is 2.82. The Bertz CT molecular complexity index is 585. The number of hydrogen-bond acceptors (Lipinski definition) is 4. The first-order valence-electron chi connectivity index (χ1n) is 7.40. The molecular weight excluding hydrogens is 302 g/mol. The Morgan fingerprint density at radius 3 is 2.86 bits per heavy atom. The summed E-state index contributed by atoms with van der Waals surface area (Å²) in [6.07, 6.45) is 0.853. The SMILES string of the molecule is CC(CO)N1CCCN(C(=O)c2cc(C#N)ccc2Cl)CC1. The van der Waals surface area contributed by atoms with Gasteiger partial charge in [0.2, 0.25) is 0 Å². The second-order valence-corrected chi connectivity index (χ2v) is 5.93. The van der Waals surface area contributed by atoms with Crippen LogP contribution in [0, 0.1) is 11.3 Å². The molecule has 1 atom stereocenters. The van der Waals surface area contributed by atoms with Crippen molar-refractivity contribution in [2.45, 2.75) is 19.4 Å². The van der Waals surface area contributed by atoms with Crippen LogP contribution in [-0.4, -0.2) is 59.6 Å². The maximum atomic E-state index is 12.7. The van der Waals surface area contributed by atoms with Gasteiger partial charge in [-0.3, -0.25) is 9.69 Å². The van der Waals surface area contributed by atoms with Crippen molar-refractivity contribution >= 4 is 17.5 Å². The van der Waals surface area contributed by atoms with Gasteiger partial charge in [0.1, 0.15) is 0 Å². The zero-order valence-electron chi connectivity index (χ0n) is 12.6. The highest BCUT2D eigenvalue weighted by molar-refractivity contribution is 6.33. The molecule has 1 heterocycles. The predicted molar refractivity (Wildman–Crippen MR) is 84.8 cm³/mol. The summed E-state index contributed by atoms with van der Waals surface area (Å²) in [6, 6.07) is 6.86. The molecule has 118 valence electrons. The lowest BCUT2D eigenvalue weighted by Gasteiger charge is -2.26. The molecule has 5 nitrogen and oxygen atoms in total. The molecule has 1 aromatic rings. The van der Waals surface area contributed by atoms with Gasteiger partial charge in [-0.1, -0.05) is 11.6 Å². The topological polar surface area (TPSA) is 67.6 Å². The van der Waals surface area contributed by atoms with Crippen LogP contribution >= 0.6 is 11.6 Å². The number of nitrogens with zero attached hydrogens (tertiary/aromatic N) is 3. The molecule has 1 fully saturated rings. The maximum absolute atomic E-state index is 12.7. The van der Waals surface area contributed by atoms with E-state index >= 15 is 0 Å². The monoisotopic (exact) mass is 321 g/mol. The van der Waals surface area contributed by atoms with Gasteiger partial charge in [0.05, 0.1) is 28.8 Å².